The molecule has 0 amide bonds. The summed E-state index contributed by atoms with van der Waals surface area (Å²) in [7, 11) is 0. The molecular formula is C31H23F10NO4. The fourth-order valence-corrected chi connectivity index (χ4v) is 4.21. The van der Waals surface area contributed by atoms with Crippen LogP contribution >= 0.6 is 0 Å². The summed E-state index contributed by atoms with van der Waals surface area (Å²) in [6.07, 6.45) is -19.8. The molecule has 0 radical (unpaired) electrons. The van der Waals surface area contributed by atoms with Crippen LogP contribution in [0.15, 0.2) is 97.1 Å². The molecule has 4 aromatic rings. The van der Waals surface area contributed by atoms with Crippen molar-refractivity contribution in [1.82, 2.24) is 0 Å². The average molecular weight is 664 g/mol. The molecule has 0 spiro atoms. The van der Waals surface area contributed by atoms with Crippen LogP contribution in [0.5, 0.6) is 23.0 Å². The van der Waals surface area contributed by atoms with Crippen LogP contribution in [-0.4, -0.2) is 30.5 Å². The minimum Gasteiger partial charge on any atom is -0.457 e. The van der Waals surface area contributed by atoms with Crippen LogP contribution in [0.4, 0.5) is 49.6 Å². The maximum Gasteiger partial charge on any atom is 0.573 e. The van der Waals surface area contributed by atoms with E-state index in [1.165, 1.54) is 47.4 Å². The lowest BCUT2D eigenvalue weighted by molar-refractivity contribution is -0.274. The topological polar surface area (TPSA) is 51.2 Å². The molecule has 0 aliphatic rings. The van der Waals surface area contributed by atoms with Crippen LogP contribution in [-0.2, 0) is 12.7 Å². The Bertz CT molecular complexity index is 1590. The predicted molar refractivity (Wildman–Crippen MR) is 145 cm³/mol. The number of hydrogen-bond donors (Lipinski definition) is 1. The molecule has 0 aromatic heterocycles. The molecule has 1 atom stereocenters. The number of anilines is 1. The Morgan fingerprint density at radius 1 is 0.652 bits per heavy atom. The number of rotatable bonds is 12. The molecule has 0 aliphatic carbocycles. The van der Waals surface area contributed by atoms with Gasteiger partial charge < -0.3 is 24.2 Å². The van der Waals surface area contributed by atoms with Gasteiger partial charge in [-0.15, -0.1) is 13.2 Å². The van der Waals surface area contributed by atoms with Gasteiger partial charge >= 0.3 is 25.1 Å². The van der Waals surface area contributed by atoms with E-state index in [2.05, 4.69) is 9.47 Å². The first-order chi connectivity index (χ1) is 21.5. The monoisotopic (exact) mass is 663 g/mol. The third-order valence-electron chi connectivity index (χ3n) is 6.25. The van der Waals surface area contributed by atoms with Gasteiger partial charge in [-0.2, -0.15) is 30.7 Å². The standard InChI is InChI=1S/C31H23F10NO4/c32-28(33)30(37,38)45-25-8-1-4-19(14-25)17-42(18-27(43)20-10-12-21(13-11-20)29(34,35)36)22-5-2-6-23(15-22)44-24-7-3-9-26(16-24)46-31(39,40)41/h1-16,27-28,43H,17-18H2. The third kappa shape index (κ3) is 9.67. The van der Waals surface area contributed by atoms with Gasteiger partial charge in [0.05, 0.1) is 11.7 Å². The van der Waals surface area contributed by atoms with Gasteiger partial charge in [0, 0.05) is 30.9 Å². The summed E-state index contributed by atoms with van der Waals surface area (Å²) in [6, 6.07) is 19.2. The lowest BCUT2D eigenvalue weighted by atomic mass is 10.1. The summed E-state index contributed by atoms with van der Waals surface area (Å²) >= 11 is 0. The number of nitrogens with zero attached hydrogens (tertiary/aromatic N) is 1. The van der Waals surface area contributed by atoms with Crippen LogP contribution in [0.25, 0.3) is 0 Å². The van der Waals surface area contributed by atoms with Crippen molar-refractivity contribution in [3.8, 4) is 23.0 Å². The fourth-order valence-electron chi connectivity index (χ4n) is 4.21. The molecule has 1 N–H and O–H groups in total. The van der Waals surface area contributed by atoms with Gasteiger partial charge in [0.2, 0.25) is 0 Å². The Morgan fingerprint density at radius 3 is 1.83 bits per heavy atom. The summed E-state index contributed by atoms with van der Waals surface area (Å²) in [4.78, 5) is 1.49. The van der Waals surface area contributed by atoms with Crippen LogP contribution in [0.3, 0.4) is 0 Å². The first kappa shape index (κ1) is 34.2. The summed E-state index contributed by atoms with van der Waals surface area (Å²) in [5, 5.41) is 11.0. The first-order valence-corrected chi connectivity index (χ1v) is 13.2. The molecule has 0 saturated heterocycles. The molecule has 5 nitrogen and oxygen atoms in total. The molecule has 246 valence electrons. The summed E-state index contributed by atoms with van der Waals surface area (Å²) < 4.78 is 143. The number of aliphatic hydroxyl groups excluding tert-OH is 1. The van der Waals surface area contributed by atoms with Crippen molar-refractivity contribution in [2.24, 2.45) is 0 Å². The van der Waals surface area contributed by atoms with E-state index in [0.29, 0.717) is 5.69 Å². The Balaban J connectivity index is 1.62. The smallest absolute Gasteiger partial charge is 0.457 e. The largest absolute Gasteiger partial charge is 0.573 e. The van der Waals surface area contributed by atoms with E-state index in [-0.39, 0.29) is 35.7 Å². The van der Waals surface area contributed by atoms with Crippen molar-refractivity contribution in [2.45, 2.75) is 37.7 Å². The lowest BCUT2D eigenvalue weighted by Crippen LogP contribution is -2.33. The van der Waals surface area contributed by atoms with Crippen LogP contribution in [0, 0.1) is 0 Å². The van der Waals surface area contributed by atoms with E-state index < -0.39 is 48.2 Å². The van der Waals surface area contributed by atoms with E-state index in [4.69, 9.17) is 4.74 Å². The number of halogens is 10. The molecular weight excluding hydrogens is 640 g/mol. The fraction of sp³-hybridized carbons (Fsp3) is 0.226. The number of aliphatic hydroxyl groups is 1. The van der Waals surface area contributed by atoms with Crippen molar-refractivity contribution in [1.29, 1.82) is 0 Å². The Kier molecular flexibility index (Phi) is 10.2. The molecule has 46 heavy (non-hydrogen) atoms. The minimum absolute atomic E-state index is 0.0277. The zero-order valence-corrected chi connectivity index (χ0v) is 23.2. The van der Waals surface area contributed by atoms with Crippen molar-refractivity contribution >= 4 is 5.69 Å². The summed E-state index contributed by atoms with van der Waals surface area (Å²) in [5.74, 6) is -1.03. The Morgan fingerprint density at radius 2 is 1.22 bits per heavy atom. The Labute approximate surface area is 255 Å². The van der Waals surface area contributed by atoms with E-state index in [0.717, 1.165) is 48.5 Å². The van der Waals surface area contributed by atoms with E-state index in [9.17, 15) is 49.0 Å². The molecule has 15 heteroatoms. The molecule has 0 aliphatic heterocycles. The van der Waals surface area contributed by atoms with Crippen LogP contribution < -0.4 is 19.1 Å². The second kappa shape index (κ2) is 13.8. The zero-order chi connectivity index (χ0) is 33.7. The maximum absolute atomic E-state index is 13.5. The SMILES string of the molecule is OC(CN(Cc1cccc(OC(F)(F)C(F)F)c1)c1cccc(Oc2cccc(OC(F)(F)F)c2)c1)c1ccc(C(F)(F)F)cc1. The summed E-state index contributed by atoms with van der Waals surface area (Å²) in [6.45, 7) is -0.435. The molecule has 0 fully saturated rings. The highest BCUT2D eigenvalue weighted by Crippen LogP contribution is 2.34. The van der Waals surface area contributed by atoms with Crippen LogP contribution in [0.2, 0.25) is 0 Å². The van der Waals surface area contributed by atoms with Gasteiger partial charge in [0.15, 0.2) is 0 Å². The number of benzene rings is 4. The molecule has 4 aromatic carbocycles. The quantitative estimate of drug-likeness (QED) is 0.153. The maximum atomic E-state index is 13.5. The predicted octanol–water partition coefficient (Wildman–Crippen LogP) is 9.37. The van der Waals surface area contributed by atoms with Gasteiger partial charge in [-0.1, -0.05) is 36.4 Å². The number of alkyl halides is 10. The van der Waals surface area contributed by atoms with Crippen molar-refractivity contribution in [2.75, 3.05) is 11.4 Å². The first-order valence-electron chi connectivity index (χ1n) is 13.2. The van der Waals surface area contributed by atoms with Crippen LogP contribution in [0.1, 0.15) is 22.8 Å². The van der Waals surface area contributed by atoms with Crippen molar-refractivity contribution in [3.63, 3.8) is 0 Å². The highest BCUT2D eigenvalue weighted by Gasteiger charge is 2.44. The highest BCUT2D eigenvalue weighted by atomic mass is 19.4. The van der Waals surface area contributed by atoms with E-state index in [1.54, 1.807) is 6.07 Å². The lowest BCUT2D eigenvalue weighted by Gasteiger charge is -2.28. The normalized spacial score (nSPS) is 13.0. The van der Waals surface area contributed by atoms with Gasteiger partial charge in [-0.05, 0) is 59.7 Å². The number of ether oxygens (including phenoxy) is 3. The van der Waals surface area contributed by atoms with Gasteiger partial charge in [0.1, 0.15) is 23.0 Å². The molecule has 0 saturated carbocycles. The molecule has 4 rings (SSSR count). The average Bonchev–Trinajstić information content (AvgIpc) is 2.96. The van der Waals surface area contributed by atoms with Crippen molar-refractivity contribution in [3.05, 3.63) is 114 Å². The van der Waals surface area contributed by atoms with Crippen molar-refractivity contribution < 1.29 is 63.2 Å². The van der Waals surface area contributed by atoms with Gasteiger partial charge in [-0.25, -0.2) is 0 Å². The van der Waals surface area contributed by atoms with Gasteiger partial charge in [0.25, 0.3) is 0 Å². The molecule has 0 heterocycles. The molecule has 0 bridgehead atoms. The Hall–Kier alpha value is -4.66. The highest BCUT2D eigenvalue weighted by molar-refractivity contribution is 5.53. The zero-order valence-electron chi connectivity index (χ0n) is 23.2. The second-order valence-corrected chi connectivity index (χ2v) is 9.75. The minimum atomic E-state index is -4.94. The third-order valence-corrected chi connectivity index (χ3v) is 6.25. The van der Waals surface area contributed by atoms with Gasteiger partial charge in [-0.3, -0.25) is 0 Å². The van der Waals surface area contributed by atoms with E-state index in [1.807, 2.05) is 0 Å². The van der Waals surface area contributed by atoms with E-state index >= 15 is 0 Å². The molecule has 1 unspecified atom stereocenters. The number of hydrogen-bond acceptors (Lipinski definition) is 5. The summed E-state index contributed by atoms with van der Waals surface area (Å²) in [5.41, 5.74) is -0.256. The second-order valence-electron chi connectivity index (χ2n) is 9.75.